The molecule has 0 heterocycles. The van der Waals surface area contributed by atoms with E-state index in [-0.39, 0.29) is 17.6 Å². The number of thiol groups is 1. The van der Waals surface area contributed by atoms with Crippen LogP contribution in [0.5, 0.6) is 17.2 Å². The van der Waals surface area contributed by atoms with Gasteiger partial charge in [0.25, 0.3) is 0 Å². The van der Waals surface area contributed by atoms with Crippen LogP contribution in [0.1, 0.15) is 34.6 Å². The smallest absolute Gasteiger partial charge is 0.138 e. The second-order valence-electron chi connectivity index (χ2n) is 4.69. The van der Waals surface area contributed by atoms with Gasteiger partial charge >= 0.3 is 0 Å². The summed E-state index contributed by atoms with van der Waals surface area (Å²) in [6.07, 6.45) is 0.223. The Morgan fingerprint density at radius 1 is 0.722 bits per heavy atom. The van der Waals surface area contributed by atoms with Gasteiger partial charge in [0.15, 0.2) is 0 Å². The van der Waals surface area contributed by atoms with Gasteiger partial charge in [0.1, 0.15) is 22.7 Å². The Kier molecular flexibility index (Phi) is 5.66. The lowest BCUT2D eigenvalue weighted by Gasteiger charge is -2.17. The summed E-state index contributed by atoms with van der Waals surface area (Å²) in [4.78, 5) is 0. The van der Waals surface area contributed by atoms with Crippen molar-refractivity contribution in [3.63, 3.8) is 0 Å². The first-order chi connectivity index (χ1) is 8.36. The highest BCUT2D eigenvalue weighted by atomic mass is 32.1. The number of benzene rings is 1. The Morgan fingerprint density at radius 3 is 1.33 bits per heavy atom. The van der Waals surface area contributed by atoms with E-state index in [4.69, 9.17) is 14.2 Å². The first kappa shape index (κ1) is 15.0. The largest absolute Gasteiger partial charge is 0.491 e. The molecule has 1 aromatic rings. The summed E-state index contributed by atoms with van der Waals surface area (Å²) >= 11 is 4.21. The highest BCUT2D eigenvalue weighted by Gasteiger charge is 2.08. The van der Waals surface area contributed by atoms with Gasteiger partial charge < -0.3 is 14.2 Å². The van der Waals surface area contributed by atoms with Gasteiger partial charge in [0.05, 0.1) is 12.2 Å². The number of hydrogen-bond acceptors (Lipinski definition) is 4. The summed E-state index contributed by atoms with van der Waals surface area (Å²) in [7, 11) is 0. The molecule has 3 nitrogen and oxygen atoms in total. The van der Waals surface area contributed by atoms with Gasteiger partial charge in [-0.25, -0.2) is 0 Å². The van der Waals surface area contributed by atoms with Crippen LogP contribution in [0.2, 0.25) is 0 Å². The highest BCUT2D eigenvalue weighted by molar-refractivity contribution is 7.80. The summed E-state index contributed by atoms with van der Waals surface area (Å²) in [6.45, 7) is 9.80. The SMILES string of the molecule is CC(C)Oc1cc(OC(C)C)cc(OC(C)S)c1. The fraction of sp³-hybridized carbons (Fsp3) is 0.571. The average Bonchev–Trinajstić information content (AvgIpc) is 2.12. The molecule has 18 heavy (non-hydrogen) atoms. The molecule has 1 aromatic carbocycles. The van der Waals surface area contributed by atoms with Gasteiger partial charge in [-0.1, -0.05) is 0 Å². The lowest BCUT2D eigenvalue weighted by Crippen LogP contribution is -2.09. The van der Waals surface area contributed by atoms with E-state index < -0.39 is 0 Å². The van der Waals surface area contributed by atoms with Crippen LogP contribution >= 0.6 is 12.6 Å². The molecule has 0 aliphatic rings. The van der Waals surface area contributed by atoms with Crippen LogP contribution in [-0.4, -0.2) is 17.6 Å². The van der Waals surface area contributed by atoms with Gasteiger partial charge in [-0.15, -0.1) is 12.6 Å². The molecule has 0 saturated carbocycles. The van der Waals surface area contributed by atoms with Crippen LogP contribution in [0.4, 0.5) is 0 Å². The standard InChI is InChI=1S/C14H22O3S/c1-9(2)15-12-6-13(16-10(3)4)8-14(7-12)17-11(5)18/h6-11,18H,1-5H3. The van der Waals surface area contributed by atoms with Crippen molar-refractivity contribution >= 4 is 12.6 Å². The van der Waals surface area contributed by atoms with Crippen molar-refractivity contribution in [2.45, 2.75) is 52.3 Å². The second-order valence-corrected chi connectivity index (χ2v) is 5.42. The highest BCUT2D eigenvalue weighted by Crippen LogP contribution is 2.30. The zero-order chi connectivity index (χ0) is 13.7. The molecule has 0 N–H and O–H groups in total. The summed E-state index contributed by atoms with van der Waals surface area (Å²) in [5.41, 5.74) is -0.175. The minimum Gasteiger partial charge on any atom is -0.491 e. The van der Waals surface area contributed by atoms with Crippen LogP contribution in [0.3, 0.4) is 0 Å². The molecule has 0 spiro atoms. The summed E-state index contributed by atoms with van der Waals surface area (Å²) in [5.74, 6) is 2.19. The summed E-state index contributed by atoms with van der Waals surface area (Å²) in [5, 5.41) is 0. The maximum atomic E-state index is 5.67. The van der Waals surface area contributed by atoms with Gasteiger partial charge in [-0.05, 0) is 34.6 Å². The molecular formula is C14H22O3S. The van der Waals surface area contributed by atoms with E-state index in [0.717, 1.165) is 11.5 Å². The molecule has 0 amide bonds. The third-order valence-electron chi connectivity index (χ3n) is 1.90. The van der Waals surface area contributed by atoms with Crippen molar-refractivity contribution in [2.24, 2.45) is 0 Å². The molecule has 1 atom stereocenters. The van der Waals surface area contributed by atoms with E-state index in [0.29, 0.717) is 5.75 Å². The van der Waals surface area contributed by atoms with Gasteiger partial charge in [-0.2, -0.15) is 0 Å². The topological polar surface area (TPSA) is 27.7 Å². The molecule has 1 unspecified atom stereocenters. The summed E-state index contributed by atoms with van der Waals surface area (Å²) in [6, 6.07) is 5.57. The third-order valence-corrected chi connectivity index (χ3v) is 2.01. The molecule has 0 aliphatic heterocycles. The zero-order valence-corrected chi connectivity index (χ0v) is 12.5. The maximum Gasteiger partial charge on any atom is 0.138 e. The Labute approximate surface area is 115 Å². The molecular weight excluding hydrogens is 248 g/mol. The van der Waals surface area contributed by atoms with Crippen LogP contribution in [0.25, 0.3) is 0 Å². The quantitative estimate of drug-likeness (QED) is 0.627. The van der Waals surface area contributed by atoms with Crippen LogP contribution in [0.15, 0.2) is 18.2 Å². The number of rotatable bonds is 6. The van der Waals surface area contributed by atoms with Gasteiger partial charge in [0.2, 0.25) is 0 Å². The predicted molar refractivity (Wildman–Crippen MR) is 77.0 cm³/mol. The first-order valence-corrected chi connectivity index (χ1v) is 6.71. The molecule has 0 radical (unpaired) electrons. The third kappa shape index (κ3) is 5.54. The van der Waals surface area contributed by atoms with E-state index in [9.17, 15) is 0 Å². The van der Waals surface area contributed by atoms with Crippen molar-refractivity contribution in [2.75, 3.05) is 0 Å². The molecule has 1 rings (SSSR count). The molecule has 0 bridgehead atoms. The minimum absolute atomic E-state index is 0.112. The predicted octanol–water partition coefficient (Wildman–Crippen LogP) is 3.92. The Morgan fingerprint density at radius 2 is 1.06 bits per heavy atom. The lowest BCUT2D eigenvalue weighted by atomic mass is 10.3. The van der Waals surface area contributed by atoms with Crippen molar-refractivity contribution in [1.29, 1.82) is 0 Å². The van der Waals surface area contributed by atoms with Crippen molar-refractivity contribution < 1.29 is 14.2 Å². The minimum atomic E-state index is -0.175. The van der Waals surface area contributed by atoms with E-state index in [2.05, 4.69) is 12.6 Å². The average molecular weight is 270 g/mol. The molecule has 0 fully saturated rings. The number of ether oxygens (including phenoxy) is 3. The monoisotopic (exact) mass is 270 g/mol. The van der Waals surface area contributed by atoms with E-state index in [1.807, 2.05) is 52.8 Å². The van der Waals surface area contributed by atoms with Crippen LogP contribution in [-0.2, 0) is 0 Å². The fourth-order valence-corrected chi connectivity index (χ4v) is 1.61. The number of hydrogen-bond donors (Lipinski definition) is 1. The molecule has 0 aromatic heterocycles. The fourth-order valence-electron chi connectivity index (χ4n) is 1.49. The molecule has 4 heteroatoms. The van der Waals surface area contributed by atoms with Crippen LogP contribution < -0.4 is 14.2 Å². The van der Waals surface area contributed by atoms with Gasteiger partial charge in [0, 0.05) is 18.2 Å². The van der Waals surface area contributed by atoms with Crippen molar-refractivity contribution in [1.82, 2.24) is 0 Å². The zero-order valence-electron chi connectivity index (χ0n) is 11.6. The van der Waals surface area contributed by atoms with Gasteiger partial charge in [-0.3, -0.25) is 0 Å². The Balaban J connectivity index is 2.95. The second kappa shape index (κ2) is 6.78. The Hall–Kier alpha value is -1.03. The lowest BCUT2D eigenvalue weighted by molar-refractivity contribution is 0.225. The molecule has 102 valence electrons. The van der Waals surface area contributed by atoms with E-state index in [1.165, 1.54) is 0 Å². The molecule has 0 saturated heterocycles. The van der Waals surface area contributed by atoms with Crippen LogP contribution in [0, 0.1) is 0 Å². The maximum absolute atomic E-state index is 5.67. The van der Waals surface area contributed by atoms with Crippen molar-refractivity contribution in [3.8, 4) is 17.2 Å². The van der Waals surface area contributed by atoms with E-state index >= 15 is 0 Å². The van der Waals surface area contributed by atoms with Crippen molar-refractivity contribution in [3.05, 3.63) is 18.2 Å². The first-order valence-electron chi connectivity index (χ1n) is 6.20. The normalized spacial score (nSPS) is 12.7. The summed E-state index contributed by atoms with van der Waals surface area (Å²) < 4.78 is 16.9. The Bertz CT molecular complexity index is 306. The van der Waals surface area contributed by atoms with E-state index in [1.54, 1.807) is 0 Å². The molecule has 0 aliphatic carbocycles.